The highest BCUT2D eigenvalue weighted by atomic mass is 16.5. The van der Waals surface area contributed by atoms with Crippen LogP contribution in [0.25, 0.3) is 0 Å². The molecule has 5 nitrogen and oxygen atoms in total. The van der Waals surface area contributed by atoms with Crippen molar-refractivity contribution in [1.29, 1.82) is 0 Å². The van der Waals surface area contributed by atoms with Crippen LogP contribution in [0.2, 0.25) is 0 Å². The van der Waals surface area contributed by atoms with E-state index in [1.807, 2.05) is 0 Å². The van der Waals surface area contributed by atoms with Gasteiger partial charge in [-0.15, -0.1) is 0 Å². The molecule has 5 heteroatoms. The van der Waals surface area contributed by atoms with Crippen LogP contribution in [0.3, 0.4) is 0 Å². The van der Waals surface area contributed by atoms with E-state index in [4.69, 9.17) is 4.74 Å². The van der Waals surface area contributed by atoms with Gasteiger partial charge in [-0.3, -0.25) is 9.59 Å². The summed E-state index contributed by atoms with van der Waals surface area (Å²) in [6, 6.07) is 0. The molecule has 1 fully saturated rings. The number of nitrogens with one attached hydrogen (secondary N) is 1. The minimum Gasteiger partial charge on any atom is -0.378 e. The number of nitrogens with zero attached hydrogens (tertiary/aromatic N) is 1. The van der Waals surface area contributed by atoms with Gasteiger partial charge in [-0.2, -0.15) is 0 Å². The van der Waals surface area contributed by atoms with Gasteiger partial charge < -0.3 is 15.0 Å². The minimum absolute atomic E-state index is 0.454. The molecule has 74 valence electrons. The van der Waals surface area contributed by atoms with Gasteiger partial charge in [-0.1, -0.05) is 0 Å². The van der Waals surface area contributed by atoms with Crippen molar-refractivity contribution < 1.29 is 14.3 Å². The van der Waals surface area contributed by atoms with E-state index in [0.29, 0.717) is 32.8 Å². The predicted molar refractivity (Wildman–Crippen MR) is 46.1 cm³/mol. The van der Waals surface area contributed by atoms with Crippen molar-refractivity contribution in [3.8, 4) is 0 Å². The maximum absolute atomic E-state index is 11.3. The first-order valence-corrected chi connectivity index (χ1v) is 4.40. The Kier molecular flexibility index (Phi) is 3.70. The normalized spacial score (nSPS) is 16.8. The van der Waals surface area contributed by atoms with Gasteiger partial charge in [0.05, 0.1) is 13.2 Å². The second kappa shape index (κ2) is 4.81. The number of likely N-dealkylation sites (N-methyl/N-ethyl adjacent to an activating group) is 1. The number of morpholine rings is 1. The molecule has 0 aromatic carbocycles. The van der Waals surface area contributed by atoms with Crippen LogP contribution >= 0.6 is 0 Å². The van der Waals surface area contributed by atoms with Gasteiger partial charge in [-0.05, 0) is 6.92 Å². The SMILES string of the molecule is CCNC(=O)C(=O)N1CCOCC1. The van der Waals surface area contributed by atoms with E-state index in [-0.39, 0.29) is 0 Å². The molecule has 1 aliphatic heterocycles. The molecule has 0 spiro atoms. The molecule has 1 heterocycles. The average Bonchev–Trinajstić information content (AvgIpc) is 2.18. The van der Waals surface area contributed by atoms with Crippen LogP contribution in [0.5, 0.6) is 0 Å². The van der Waals surface area contributed by atoms with Crippen molar-refractivity contribution in [3.05, 3.63) is 0 Å². The third kappa shape index (κ3) is 2.69. The van der Waals surface area contributed by atoms with E-state index in [2.05, 4.69) is 5.32 Å². The lowest BCUT2D eigenvalue weighted by atomic mass is 10.4. The third-order valence-corrected chi connectivity index (χ3v) is 1.83. The van der Waals surface area contributed by atoms with Gasteiger partial charge in [0.1, 0.15) is 0 Å². The van der Waals surface area contributed by atoms with Crippen molar-refractivity contribution in [2.75, 3.05) is 32.8 Å². The molecule has 0 atom stereocenters. The Balaban J connectivity index is 2.40. The predicted octanol–water partition coefficient (Wildman–Crippen LogP) is -1.02. The molecular formula is C8H14N2O3. The van der Waals surface area contributed by atoms with E-state index in [1.165, 1.54) is 4.90 Å². The van der Waals surface area contributed by atoms with Gasteiger partial charge in [0.25, 0.3) is 0 Å². The largest absolute Gasteiger partial charge is 0.378 e. The van der Waals surface area contributed by atoms with Crippen molar-refractivity contribution in [2.24, 2.45) is 0 Å². The zero-order chi connectivity index (χ0) is 9.68. The van der Waals surface area contributed by atoms with Crippen molar-refractivity contribution in [2.45, 2.75) is 6.92 Å². The van der Waals surface area contributed by atoms with Crippen LogP contribution in [0.1, 0.15) is 6.92 Å². The molecule has 1 rings (SSSR count). The van der Waals surface area contributed by atoms with E-state index >= 15 is 0 Å². The fourth-order valence-electron chi connectivity index (χ4n) is 1.15. The van der Waals surface area contributed by atoms with E-state index in [1.54, 1.807) is 6.92 Å². The topological polar surface area (TPSA) is 58.6 Å². The Morgan fingerprint density at radius 1 is 1.38 bits per heavy atom. The summed E-state index contributed by atoms with van der Waals surface area (Å²) in [5, 5.41) is 2.47. The molecule has 13 heavy (non-hydrogen) atoms. The van der Waals surface area contributed by atoms with Gasteiger partial charge in [0, 0.05) is 19.6 Å². The molecule has 0 bridgehead atoms. The van der Waals surface area contributed by atoms with E-state index in [9.17, 15) is 9.59 Å². The third-order valence-electron chi connectivity index (χ3n) is 1.83. The lowest BCUT2D eigenvalue weighted by molar-refractivity contribution is -0.148. The Hall–Kier alpha value is -1.10. The molecule has 0 radical (unpaired) electrons. The summed E-state index contributed by atoms with van der Waals surface area (Å²) in [7, 11) is 0. The standard InChI is InChI=1S/C8H14N2O3/c1-2-9-7(11)8(12)10-3-5-13-6-4-10/h2-6H2,1H3,(H,9,11). The highest BCUT2D eigenvalue weighted by Crippen LogP contribution is 1.96. The van der Waals surface area contributed by atoms with Crippen LogP contribution < -0.4 is 5.32 Å². The Morgan fingerprint density at radius 2 is 2.00 bits per heavy atom. The molecule has 0 saturated carbocycles. The fourth-order valence-corrected chi connectivity index (χ4v) is 1.15. The van der Waals surface area contributed by atoms with Gasteiger partial charge >= 0.3 is 11.8 Å². The van der Waals surface area contributed by atoms with Crippen molar-refractivity contribution >= 4 is 11.8 Å². The molecule has 1 saturated heterocycles. The maximum atomic E-state index is 11.3. The number of rotatable bonds is 1. The van der Waals surface area contributed by atoms with Crippen LogP contribution in [0, 0.1) is 0 Å². The smallest absolute Gasteiger partial charge is 0.312 e. The first-order valence-electron chi connectivity index (χ1n) is 4.40. The number of carbonyl (C=O) groups excluding carboxylic acids is 2. The number of carbonyl (C=O) groups is 2. The zero-order valence-corrected chi connectivity index (χ0v) is 7.71. The lowest BCUT2D eigenvalue weighted by Crippen LogP contribution is -2.47. The highest BCUT2D eigenvalue weighted by Gasteiger charge is 2.22. The van der Waals surface area contributed by atoms with Crippen molar-refractivity contribution in [1.82, 2.24) is 10.2 Å². The van der Waals surface area contributed by atoms with Crippen LogP contribution in [0.15, 0.2) is 0 Å². The second-order valence-corrected chi connectivity index (χ2v) is 2.76. The minimum atomic E-state index is -0.524. The number of amides is 2. The van der Waals surface area contributed by atoms with E-state index in [0.717, 1.165) is 0 Å². The highest BCUT2D eigenvalue weighted by molar-refractivity contribution is 6.35. The summed E-state index contributed by atoms with van der Waals surface area (Å²) < 4.78 is 5.06. The van der Waals surface area contributed by atoms with E-state index < -0.39 is 11.8 Å². The first-order chi connectivity index (χ1) is 6.25. The molecule has 1 aliphatic rings. The Morgan fingerprint density at radius 3 is 2.54 bits per heavy atom. The van der Waals surface area contributed by atoms with Crippen LogP contribution in [-0.2, 0) is 14.3 Å². The quantitative estimate of drug-likeness (QED) is 0.533. The summed E-state index contributed by atoms with van der Waals surface area (Å²) in [4.78, 5) is 24.0. The molecule has 1 N–H and O–H groups in total. The summed E-state index contributed by atoms with van der Waals surface area (Å²) in [5.74, 6) is -0.977. The molecule has 2 amide bonds. The molecule has 0 aromatic heterocycles. The number of ether oxygens (including phenoxy) is 1. The number of hydrogen-bond donors (Lipinski definition) is 1. The summed E-state index contributed by atoms with van der Waals surface area (Å²) in [6.07, 6.45) is 0. The maximum Gasteiger partial charge on any atom is 0.312 e. The Bertz CT molecular complexity index is 200. The van der Waals surface area contributed by atoms with Gasteiger partial charge in [-0.25, -0.2) is 0 Å². The Labute approximate surface area is 77.0 Å². The molecule has 0 aromatic rings. The average molecular weight is 186 g/mol. The first kappa shape index (κ1) is 9.98. The van der Waals surface area contributed by atoms with Crippen molar-refractivity contribution in [3.63, 3.8) is 0 Å². The summed E-state index contributed by atoms with van der Waals surface area (Å²) in [5.41, 5.74) is 0. The monoisotopic (exact) mass is 186 g/mol. The molecule has 0 aliphatic carbocycles. The zero-order valence-electron chi connectivity index (χ0n) is 7.71. The second-order valence-electron chi connectivity index (χ2n) is 2.76. The van der Waals surface area contributed by atoms with Gasteiger partial charge in [0.2, 0.25) is 0 Å². The van der Waals surface area contributed by atoms with Gasteiger partial charge in [0.15, 0.2) is 0 Å². The van der Waals surface area contributed by atoms with Crippen LogP contribution in [0.4, 0.5) is 0 Å². The number of hydrogen-bond acceptors (Lipinski definition) is 3. The summed E-state index contributed by atoms with van der Waals surface area (Å²) in [6.45, 7) is 4.32. The molecule has 0 unspecified atom stereocenters. The summed E-state index contributed by atoms with van der Waals surface area (Å²) >= 11 is 0. The van der Waals surface area contributed by atoms with Crippen LogP contribution in [-0.4, -0.2) is 49.6 Å². The fraction of sp³-hybridized carbons (Fsp3) is 0.750. The lowest BCUT2D eigenvalue weighted by Gasteiger charge is -2.25. The molecular weight excluding hydrogens is 172 g/mol.